The number of benzene rings is 1. The maximum Gasteiger partial charge on any atom is 0.0507 e. The van der Waals surface area contributed by atoms with E-state index in [0.717, 1.165) is 38.6 Å². The Labute approximate surface area is 103 Å². The Kier molecular flexibility index (Phi) is 3.29. The Bertz CT molecular complexity index is 349. The third-order valence-corrected chi connectivity index (χ3v) is 3.69. The molecule has 1 unspecified atom stereocenters. The van der Waals surface area contributed by atoms with Crippen molar-refractivity contribution in [3.8, 4) is 0 Å². The SMILES string of the molecule is c1ccc2c(c1)C[C@@H](CNCC1CCOC1)N2. The number of hydrogen-bond donors (Lipinski definition) is 2. The molecular weight excluding hydrogens is 212 g/mol. The number of nitrogens with one attached hydrogen (secondary N) is 2. The number of ether oxygens (including phenoxy) is 1. The van der Waals surface area contributed by atoms with Gasteiger partial charge in [0.25, 0.3) is 0 Å². The fourth-order valence-electron chi connectivity index (χ4n) is 2.70. The van der Waals surface area contributed by atoms with Crippen LogP contribution in [0.5, 0.6) is 0 Å². The van der Waals surface area contributed by atoms with Gasteiger partial charge in [-0.15, -0.1) is 0 Å². The minimum atomic E-state index is 0.551. The van der Waals surface area contributed by atoms with Gasteiger partial charge in [0.2, 0.25) is 0 Å². The highest BCUT2D eigenvalue weighted by molar-refractivity contribution is 5.56. The van der Waals surface area contributed by atoms with Crippen LogP contribution in [0.4, 0.5) is 5.69 Å². The van der Waals surface area contributed by atoms with E-state index in [9.17, 15) is 0 Å². The molecular formula is C14H20N2O. The molecule has 0 bridgehead atoms. The van der Waals surface area contributed by atoms with E-state index in [-0.39, 0.29) is 0 Å². The lowest BCUT2D eigenvalue weighted by atomic mass is 10.1. The zero-order valence-electron chi connectivity index (χ0n) is 10.1. The van der Waals surface area contributed by atoms with Crippen LogP contribution in [0.25, 0.3) is 0 Å². The van der Waals surface area contributed by atoms with Crippen molar-refractivity contribution in [2.75, 3.05) is 31.6 Å². The molecule has 0 saturated carbocycles. The van der Waals surface area contributed by atoms with E-state index in [1.807, 2.05) is 0 Å². The molecule has 3 heteroatoms. The van der Waals surface area contributed by atoms with Crippen LogP contribution < -0.4 is 10.6 Å². The first-order valence-corrected chi connectivity index (χ1v) is 6.55. The van der Waals surface area contributed by atoms with Crippen molar-refractivity contribution in [2.45, 2.75) is 18.9 Å². The first-order chi connectivity index (χ1) is 8.42. The summed E-state index contributed by atoms with van der Waals surface area (Å²) in [5, 5.41) is 7.13. The van der Waals surface area contributed by atoms with E-state index in [0.29, 0.717) is 6.04 Å². The monoisotopic (exact) mass is 232 g/mol. The molecule has 1 fully saturated rings. The molecule has 2 aliphatic rings. The predicted molar refractivity (Wildman–Crippen MR) is 69.4 cm³/mol. The van der Waals surface area contributed by atoms with Crippen LogP contribution in [0.2, 0.25) is 0 Å². The number of fused-ring (bicyclic) bond motifs is 1. The van der Waals surface area contributed by atoms with Crippen LogP contribution in [0.1, 0.15) is 12.0 Å². The second kappa shape index (κ2) is 5.07. The first kappa shape index (κ1) is 11.1. The van der Waals surface area contributed by atoms with Gasteiger partial charge in [-0.25, -0.2) is 0 Å². The fraction of sp³-hybridized carbons (Fsp3) is 0.571. The Morgan fingerprint density at radius 3 is 3.06 bits per heavy atom. The van der Waals surface area contributed by atoms with Gasteiger partial charge in [-0.3, -0.25) is 0 Å². The van der Waals surface area contributed by atoms with E-state index in [1.165, 1.54) is 17.7 Å². The van der Waals surface area contributed by atoms with E-state index in [1.54, 1.807) is 0 Å². The zero-order chi connectivity index (χ0) is 11.5. The van der Waals surface area contributed by atoms with Crippen LogP contribution in [-0.4, -0.2) is 32.3 Å². The van der Waals surface area contributed by atoms with Crippen molar-refractivity contribution in [3.63, 3.8) is 0 Å². The average molecular weight is 232 g/mol. The Hall–Kier alpha value is -1.06. The summed E-state index contributed by atoms with van der Waals surface area (Å²) in [4.78, 5) is 0. The largest absolute Gasteiger partial charge is 0.381 e. The molecule has 0 radical (unpaired) electrons. The average Bonchev–Trinajstić information content (AvgIpc) is 2.96. The highest BCUT2D eigenvalue weighted by atomic mass is 16.5. The maximum atomic E-state index is 5.37. The number of para-hydroxylation sites is 1. The number of hydrogen-bond acceptors (Lipinski definition) is 3. The van der Waals surface area contributed by atoms with Crippen molar-refractivity contribution in [2.24, 2.45) is 5.92 Å². The van der Waals surface area contributed by atoms with Gasteiger partial charge in [0, 0.05) is 31.4 Å². The summed E-state index contributed by atoms with van der Waals surface area (Å²) in [6.45, 7) is 4.02. The summed E-state index contributed by atoms with van der Waals surface area (Å²) in [6, 6.07) is 9.14. The highest BCUT2D eigenvalue weighted by Crippen LogP contribution is 2.24. The summed E-state index contributed by atoms with van der Waals surface area (Å²) < 4.78 is 5.37. The third-order valence-electron chi connectivity index (χ3n) is 3.69. The minimum absolute atomic E-state index is 0.551. The molecule has 0 aliphatic carbocycles. The predicted octanol–water partition coefficient (Wildman–Crippen LogP) is 1.65. The second-order valence-corrected chi connectivity index (χ2v) is 5.09. The van der Waals surface area contributed by atoms with Gasteiger partial charge in [0.15, 0.2) is 0 Å². The first-order valence-electron chi connectivity index (χ1n) is 6.55. The van der Waals surface area contributed by atoms with E-state index in [4.69, 9.17) is 4.74 Å². The van der Waals surface area contributed by atoms with Gasteiger partial charge < -0.3 is 15.4 Å². The van der Waals surface area contributed by atoms with E-state index >= 15 is 0 Å². The van der Waals surface area contributed by atoms with Gasteiger partial charge in [0.1, 0.15) is 0 Å². The quantitative estimate of drug-likeness (QED) is 0.828. The maximum absolute atomic E-state index is 5.37. The van der Waals surface area contributed by atoms with Gasteiger partial charge in [-0.1, -0.05) is 18.2 Å². The lowest BCUT2D eigenvalue weighted by molar-refractivity contribution is 0.185. The van der Waals surface area contributed by atoms with E-state index < -0.39 is 0 Å². The van der Waals surface area contributed by atoms with Gasteiger partial charge in [-0.05, 0) is 30.4 Å². The van der Waals surface area contributed by atoms with Crippen LogP contribution in [0.15, 0.2) is 24.3 Å². The van der Waals surface area contributed by atoms with Gasteiger partial charge in [0.05, 0.1) is 6.61 Å². The topological polar surface area (TPSA) is 33.3 Å². The van der Waals surface area contributed by atoms with Crippen molar-refractivity contribution < 1.29 is 4.74 Å². The van der Waals surface area contributed by atoms with Gasteiger partial charge >= 0.3 is 0 Å². The molecule has 2 N–H and O–H groups in total. The molecule has 0 aromatic heterocycles. The number of rotatable bonds is 4. The summed E-state index contributed by atoms with van der Waals surface area (Å²) in [6.07, 6.45) is 2.36. The van der Waals surface area contributed by atoms with Gasteiger partial charge in [-0.2, -0.15) is 0 Å². The Morgan fingerprint density at radius 2 is 2.24 bits per heavy atom. The van der Waals surface area contributed by atoms with Crippen LogP contribution >= 0.6 is 0 Å². The van der Waals surface area contributed by atoms with Crippen LogP contribution in [-0.2, 0) is 11.2 Å². The summed E-state index contributed by atoms with van der Waals surface area (Å²) in [5.74, 6) is 0.721. The lowest BCUT2D eigenvalue weighted by Crippen LogP contribution is -2.34. The molecule has 0 spiro atoms. The molecule has 0 amide bonds. The summed E-state index contributed by atoms with van der Waals surface area (Å²) in [5.41, 5.74) is 2.76. The molecule has 17 heavy (non-hydrogen) atoms. The molecule has 1 aromatic carbocycles. The lowest BCUT2D eigenvalue weighted by Gasteiger charge is -2.14. The smallest absolute Gasteiger partial charge is 0.0507 e. The number of anilines is 1. The normalized spacial score (nSPS) is 26.8. The van der Waals surface area contributed by atoms with Crippen molar-refractivity contribution >= 4 is 5.69 Å². The minimum Gasteiger partial charge on any atom is -0.381 e. The Balaban J connectivity index is 1.43. The molecule has 92 valence electrons. The van der Waals surface area contributed by atoms with Crippen LogP contribution in [0, 0.1) is 5.92 Å². The van der Waals surface area contributed by atoms with E-state index in [2.05, 4.69) is 34.9 Å². The molecule has 2 heterocycles. The van der Waals surface area contributed by atoms with Crippen molar-refractivity contribution in [1.82, 2.24) is 5.32 Å². The summed E-state index contributed by atoms with van der Waals surface area (Å²) >= 11 is 0. The molecule has 1 saturated heterocycles. The molecule has 2 atom stereocenters. The van der Waals surface area contributed by atoms with Crippen molar-refractivity contribution in [1.29, 1.82) is 0 Å². The molecule has 3 nitrogen and oxygen atoms in total. The zero-order valence-corrected chi connectivity index (χ0v) is 10.1. The van der Waals surface area contributed by atoms with Crippen LogP contribution in [0.3, 0.4) is 0 Å². The standard InChI is InChI=1S/C14H20N2O/c1-2-4-14-12(3-1)7-13(16-14)9-15-8-11-5-6-17-10-11/h1-4,11,13,15-16H,5-10H2/t11?,13-/m0/s1. The fourth-order valence-corrected chi connectivity index (χ4v) is 2.70. The molecule has 1 aromatic rings. The third kappa shape index (κ3) is 2.61. The Morgan fingerprint density at radius 1 is 1.29 bits per heavy atom. The highest BCUT2D eigenvalue weighted by Gasteiger charge is 2.20. The second-order valence-electron chi connectivity index (χ2n) is 5.09. The van der Waals surface area contributed by atoms with Crippen molar-refractivity contribution in [3.05, 3.63) is 29.8 Å². The summed E-state index contributed by atoms with van der Waals surface area (Å²) in [7, 11) is 0. The molecule has 2 aliphatic heterocycles. The molecule has 3 rings (SSSR count).